The lowest BCUT2D eigenvalue weighted by Gasteiger charge is -2.23. The van der Waals surface area contributed by atoms with Crippen LogP contribution in [0.15, 0.2) is 93.5 Å². The van der Waals surface area contributed by atoms with Crippen LogP contribution in [-0.2, 0) is 10.9 Å². The molecule has 3 aromatic rings. The van der Waals surface area contributed by atoms with Gasteiger partial charge in [-0.25, -0.2) is 0 Å². The summed E-state index contributed by atoms with van der Waals surface area (Å²) in [6.07, 6.45) is 0. The van der Waals surface area contributed by atoms with E-state index in [-0.39, 0.29) is 16.5 Å². The number of rotatable bonds is 4. The van der Waals surface area contributed by atoms with Crippen molar-refractivity contribution < 1.29 is 4.74 Å². The minimum absolute atomic E-state index is 0.142. The van der Waals surface area contributed by atoms with Crippen LogP contribution in [0.4, 0.5) is 0 Å². The van der Waals surface area contributed by atoms with Gasteiger partial charge in [-0.1, -0.05) is 42.5 Å². The summed E-state index contributed by atoms with van der Waals surface area (Å²) in [6, 6.07) is 28.0. The van der Waals surface area contributed by atoms with Crippen molar-refractivity contribution in [3.05, 3.63) is 84.4 Å². The summed E-state index contributed by atoms with van der Waals surface area (Å²) in [5.74, 6) is 0.967. The maximum absolute atomic E-state index is 6.20. The molecule has 0 aliphatic rings. The van der Waals surface area contributed by atoms with Crippen molar-refractivity contribution in [2.45, 2.75) is 48.0 Å². The van der Waals surface area contributed by atoms with Gasteiger partial charge in [0.25, 0.3) is 0 Å². The molecule has 0 heterocycles. The monoisotopic (exact) mass is 349 g/mol. The van der Waals surface area contributed by atoms with E-state index in [0.29, 0.717) is 0 Å². The second-order valence-corrected chi connectivity index (χ2v) is 9.10. The molecule has 0 radical (unpaired) electrons. The van der Waals surface area contributed by atoms with Crippen LogP contribution in [0.25, 0.3) is 0 Å². The van der Waals surface area contributed by atoms with Crippen molar-refractivity contribution in [2.24, 2.45) is 0 Å². The first-order valence-corrected chi connectivity index (χ1v) is 9.80. The summed E-state index contributed by atoms with van der Waals surface area (Å²) in [5, 5.41) is 0. The third-order valence-corrected chi connectivity index (χ3v) is 5.98. The first-order valence-electron chi connectivity index (χ1n) is 8.58. The third-order valence-electron chi connectivity index (χ3n) is 3.77. The second kappa shape index (κ2) is 7.37. The summed E-state index contributed by atoms with van der Waals surface area (Å²) >= 11 is 0. The highest BCUT2D eigenvalue weighted by atomic mass is 32.2. The highest BCUT2D eigenvalue weighted by molar-refractivity contribution is 7.97. The largest absolute Gasteiger partial charge is 0.488 e. The Balaban J connectivity index is 2.10. The fraction of sp³-hybridized carbons (Fsp3) is 0.217. The Labute approximate surface area is 154 Å². The third kappa shape index (κ3) is 4.46. The van der Waals surface area contributed by atoms with Gasteiger partial charge < -0.3 is 4.74 Å². The molecule has 128 valence electrons. The van der Waals surface area contributed by atoms with Gasteiger partial charge in [-0.2, -0.15) is 0 Å². The van der Waals surface area contributed by atoms with Gasteiger partial charge in [0.05, 0.1) is 10.9 Å². The molecule has 0 amide bonds. The van der Waals surface area contributed by atoms with Crippen LogP contribution in [0.5, 0.6) is 5.75 Å². The lowest BCUT2D eigenvalue weighted by atomic mass is 10.1. The Morgan fingerprint density at radius 2 is 1.20 bits per heavy atom. The van der Waals surface area contributed by atoms with Crippen molar-refractivity contribution in [2.75, 3.05) is 0 Å². The number of hydrogen-bond acceptors (Lipinski definition) is 1. The van der Waals surface area contributed by atoms with Gasteiger partial charge in [0.1, 0.15) is 11.4 Å². The van der Waals surface area contributed by atoms with Crippen LogP contribution in [0.1, 0.15) is 26.3 Å². The molecule has 0 saturated carbocycles. The summed E-state index contributed by atoms with van der Waals surface area (Å²) < 4.78 is 6.20. The Morgan fingerprint density at radius 1 is 0.680 bits per heavy atom. The molecule has 0 aliphatic carbocycles. The van der Waals surface area contributed by atoms with Crippen molar-refractivity contribution in [1.82, 2.24) is 0 Å². The first-order chi connectivity index (χ1) is 11.9. The van der Waals surface area contributed by atoms with Crippen LogP contribution in [0.3, 0.4) is 0 Å². The lowest BCUT2D eigenvalue weighted by molar-refractivity contribution is 0.129. The van der Waals surface area contributed by atoms with Gasteiger partial charge in [0.2, 0.25) is 0 Å². The van der Waals surface area contributed by atoms with Crippen molar-refractivity contribution in [3.63, 3.8) is 0 Å². The normalized spacial score (nSPS) is 11.6. The fourth-order valence-electron chi connectivity index (χ4n) is 2.67. The Hall–Kier alpha value is -2.19. The number of hydrogen-bond donors (Lipinski definition) is 0. The molecule has 3 aromatic carbocycles. The minimum Gasteiger partial charge on any atom is -0.488 e. The van der Waals surface area contributed by atoms with Gasteiger partial charge in [0.15, 0.2) is 14.7 Å². The first kappa shape index (κ1) is 17.6. The van der Waals surface area contributed by atoms with Crippen molar-refractivity contribution in [1.29, 1.82) is 0 Å². The molecule has 2 heteroatoms. The molecule has 1 nitrogen and oxygen atoms in total. The average molecular weight is 350 g/mol. The zero-order chi connectivity index (χ0) is 17.9. The smallest absolute Gasteiger partial charge is 0.170 e. The van der Waals surface area contributed by atoms with E-state index in [4.69, 9.17) is 4.74 Å². The molecule has 0 aromatic heterocycles. The second-order valence-electron chi connectivity index (χ2n) is 7.07. The fourth-order valence-corrected chi connectivity index (χ4v) is 4.77. The molecule has 0 spiro atoms. The van der Waals surface area contributed by atoms with E-state index in [1.54, 1.807) is 0 Å². The number of aryl methyl sites for hydroxylation is 1. The van der Waals surface area contributed by atoms with Crippen LogP contribution in [0.2, 0.25) is 0 Å². The van der Waals surface area contributed by atoms with Gasteiger partial charge >= 0.3 is 0 Å². The van der Waals surface area contributed by atoms with Crippen LogP contribution in [-0.4, -0.2) is 5.60 Å². The Bertz CT molecular complexity index is 780. The quantitative estimate of drug-likeness (QED) is 0.505. The summed E-state index contributed by atoms with van der Waals surface area (Å²) in [7, 11) is -0.142. The van der Waals surface area contributed by atoms with E-state index in [1.165, 1.54) is 20.2 Å². The van der Waals surface area contributed by atoms with E-state index in [9.17, 15) is 0 Å². The van der Waals surface area contributed by atoms with E-state index < -0.39 is 0 Å². The summed E-state index contributed by atoms with van der Waals surface area (Å²) in [4.78, 5) is 3.92. The molecule has 0 unspecified atom stereocenters. The lowest BCUT2D eigenvalue weighted by Crippen LogP contribution is -2.23. The molecule has 0 fully saturated rings. The van der Waals surface area contributed by atoms with E-state index >= 15 is 0 Å². The predicted octanol–water partition coefficient (Wildman–Crippen LogP) is 6.27. The van der Waals surface area contributed by atoms with Gasteiger partial charge in [0, 0.05) is 6.07 Å². The predicted molar refractivity (Wildman–Crippen MR) is 107 cm³/mol. The van der Waals surface area contributed by atoms with Gasteiger partial charge in [-0.3, -0.25) is 0 Å². The SMILES string of the molecule is Cc1ccc([S+](c2ccccc2)c2ccccc2)cc1OC(C)(C)C. The van der Waals surface area contributed by atoms with E-state index in [1.807, 2.05) is 0 Å². The zero-order valence-corrected chi connectivity index (χ0v) is 16.1. The molecular weight excluding hydrogens is 324 g/mol. The molecule has 0 saturated heterocycles. The molecule has 0 aliphatic heterocycles. The summed E-state index contributed by atoms with van der Waals surface area (Å²) in [5.41, 5.74) is 0.963. The Morgan fingerprint density at radius 3 is 1.68 bits per heavy atom. The molecule has 0 bridgehead atoms. The topological polar surface area (TPSA) is 9.23 Å². The number of benzene rings is 3. The van der Waals surface area contributed by atoms with E-state index in [0.717, 1.165) is 5.75 Å². The molecule has 0 atom stereocenters. The molecular formula is C23H25OS+. The van der Waals surface area contributed by atoms with Crippen molar-refractivity contribution >= 4 is 10.9 Å². The zero-order valence-electron chi connectivity index (χ0n) is 15.3. The maximum atomic E-state index is 6.20. The molecule has 0 N–H and O–H groups in total. The van der Waals surface area contributed by atoms with Crippen LogP contribution in [0, 0.1) is 6.92 Å². The molecule has 25 heavy (non-hydrogen) atoms. The standard InChI is InChI=1S/C23H25OS/c1-18-15-16-21(17-22(18)24-23(2,3)4)25(19-11-7-5-8-12-19)20-13-9-6-10-14-20/h5-17H,1-4H3/q+1. The van der Waals surface area contributed by atoms with Gasteiger partial charge in [-0.15, -0.1) is 0 Å². The number of ether oxygens (including phenoxy) is 1. The Kier molecular flexibility index (Phi) is 5.19. The highest BCUT2D eigenvalue weighted by Gasteiger charge is 2.29. The van der Waals surface area contributed by atoms with Crippen LogP contribution >= 0.6 is 0 Å². The maximum Gasteiger partial charge on any atom is 0.170 e. The van der Waals surface area contributed by atoms with Gasteiger partial charge in [-0.05, 0) is 63.6 Å². The molecule has 3 rings (SSSR count). The van der Waals surface area contributed by atoms with E-state index in [2.05, 4.69) is 107 Å². The average Bonchev–Trinajstić information content (AvgIpc) is 2.59. The van der Waals surface area contributed by atoms with Crippen molar-refractivity contribution in [3.8, 4) is 5.75 Å². The summed E-state index contributed by atoms with van der Waals surface area (Å²) in [6.45, 7) is 8.38. The highest BCUT2D eigenvalue weighted by Crippen LogP contribution is 2.34. The minimum atomic E-state index is -0.207. The van der Waals surface area contributed by atoms with Crippen LogP contribution < -0.4 is 4.74 Å².